The molecule has 2 rings (SSSR count). The topological polar surface area (TPSA) is 47.1 Å². The Kier molecular flexibility index (Phi) is 4.92. The van der Waals surface area contributed by atoms with Crippen molar-refractivity contribution in [1.29, 1.82) is 0 Å². The van der Waals surface area contributed by atoms with Gasteiger partial charge in [-0.1, -0.05) is 13.0 Å². The molecule has 0 spiro atoms. The second-order valence-electron chi connectivity index (χ2n) is 6.46. The summed E-state index contributed by atoms with van der Waals surface area (Å²) in [4.78, 5) is 33.3. The zero-order valence-corrected chi connectivity index (χ0v) is 15.1. The summed E-state index contributed by atoms with van der Waals surface area (Å²) in [6.07, 6.45) is 2.99. The van der Waals surface area contributed by atoms with Crippen LogP contribution in [-0.2, 0) is 0 Å². The molecular weight excluding hydrogens is 292 g/mol. The Bertz CT molecular complexity index is 493. The van der Waals surface area contributed by atoms with Crippen LogP contribution in [0.15, 0.2) is 12.7 Å². The molecule has 2 saturated heterocycles. The number of amides is 4. The fraction of sp³-hybridized carbons (Fsp3) is 0.765. The van der Waals surface area contributed by atoms with Crippen LogP contribution in [0.3, 0.4) is 0 Å². The van der Waals surface area contributed by atoms with E-state index in [0.29, 0.717) is 26.1 Å². The lowest BCUT2D eigenvalue weighted by molar-refractivity contribution is 0.0519. The van der Waals surface area contributed by atoms with Gasteiger partial charge in [0.2, 0.25) is 0 Å². The second-order valence-corrected chi connectivity index (χ2v) is 6.46. The molecule has 4 amide bonds. The van der Waals surface area contributed by atoms with Gasteiger partial charge in [0, 0.05) is 25.2 Å². The van der Waals surface area contributed by atoms with Crippen molar-refractivity contribution in [3.05, 3.63) is 12.7 Å². The SMILES string of the molecule is C=CCC(C)(CC)N1C(=O)N(CC)C2C1N(CC)C(=O)N2CC. The maximum atomic E-state index is 13.1. The van der Waals surface area contributed by atoms with Crippen molar-refractivity contribution in [2.45, 2.75) is 65.3 Å². The van der Waals surface area contributed by atoms with Crippen LogP contribution in [0, 0.1) is 0 Å². The van der Waals surface area contributed by atoms with Gasteiger partial charge in [-0.3, -0.25) is 4.90 Å². The van der Waals surface area contributed by atoms with Crippen LogP contribution in [0.5, 0.6) is 0 Å². The molecule has 0 radical (unpaired) electrons. The van der Waals surface area contributed by atoms with Crippen molar-refractivity contribution in [1.82, 2.24) is 19.6 Å². The molecule has 3 atom stereocenters. The largest absolute Gasteiger partial charge is 0.324 e. The molecule has 0 aromatic rings. The molecular formula is C17H30N4O2. The highest BCUT2D eigenvalue weighted by molar-refractivity contribution is 5.85. The minimum absolute atomic E-state index is 0.0259. The van der Waals surface area contributed by atoms with Crippen LogP contribution in [-0.4, -0.2) is 69.2 Å². The summed E-state index contributed by atoms with van der Waals surface area (Å²) in [6.45, 7) is 15.8. The van der Waals surface area contributed by atoms with Gasteiger partial charge in [-0.05, 0) is 40.5 Å². The predicted octanol–water partition coefficient (Wildman–Crippen LogP) is 2.92. The Hall–Kier alpha value is -1.72. The number of nitrogens with zero attached hydrogens (tertiary/aromatic N) is 4. The summed E-state index contributed by atoms with van der Waals surface area (Å²) in [5.41, 5.74) is -0.330. The van der Waals surface area contributed by atoms with Gasteiger partial charge in [0.05, 0.1) is 0 Å². The molecule has 6 nitrogen and oxygen atoms in total. The first kappa shape index (κ1) is 17.6. The van der Waals surface area contributed by atoms with Crippen LogP contribution in [0.2, 0.25) is 0 Å². The maximum Gasteiger partial charge on any atom is 0.324 e. The zero-order chi connectivity index (χ0) is 17.4. The lowest BCUT2D eigenvalue weighted by atomic mass is 9.92. The molecule has 2 aliphatic heterocycles. The number of hydrogen-bond donors (Lipinski definition) is 0. The fourth-order valence-corrected chi connectivity index (χ4v) is 3.92. The molecule has 0 aromatic heterocycles. The minimum atomic E-state index is -0.330. The molecule has 6 heteroatoms. The van der Waals surface area contributed by atoms with Crippen molar-refractivity contribution in [2.24, 2.45) is 0 Å². The first-order valence-corrected chi connectivity index (χ1v) is 8.69. The molecule has 0 aromatic carbocycles. The highest BCUT2D eigenvalue weighted by Crippen LogP contribution is 2.41. The summed E-state index contributed by atoms with van der Waals surface area (Å²) in [6, 6.07) is 0.0520. The summed E-state index contributed by atoms with van der Waals surface area (Å²) >= 11 is 0. The Labute approximate surface area is 139 Å². The summed E-state index contributed by atoms with van der Waals surface area (Å²) in [5, 5.41) is 0. The van der Waals surface area contributed by atoms with Gasteiger partial charge in [0.15, 0.2) is 0 Å². The van der Waals surface area contributed by atoms with Crippen molar-refractivity contribution >= 4 is 12.1 Å². The quantitative estimate of drug-likeness (QED) is 0.677. The highest BCUT2D eigenvalue weighted by Gasteiger charge is 2.61. The third-order valence-electron chi connectivity index (χ3n) is 5.38. The molecule has 0 N–H and O–H groups in total. The van der Waals surface area contributed by atoms with Crippen LogP contribution in [0.25, 0.3) is 0 Å². The van der Waals surface area contributed by atoms with E-state index in [2.05, 4.69) is 20.4 Å². The Morgan fingerprint density at radius 3 is 1.87 bits per heavy atom. The standard InChI is InChI=1S/C17H30N4O2/c1-7-12-17(6,8-2)21-14-13(19(10-4)16(21)23)18(9-3)15(22)20(14)11-5/h7,13-14H,1,8-12H2,2-6H3. The highest BCUT2D eigenvalue weighted by atomic mass is 16.2. The van der Waals surface area contributed by atoms with E-state index in [1.807, 2.05) is 46.4 Å². The molecule has 0 bridgehead atoms. The Morgan fingerprint density at radius 2 is 1.43 bits per heavy atom. The van der Waals surface area contributed by atoms with Gasteiger partial charge in [-0.15, -0.1) is 6.58 Å². The Morgan fingerprint density at radius 1 is 0.957 bits per heavy atom. The summed E-state index contributed by atoms with van der Waals surface area (Å²) < 4.78 is 0. The van der Waals surface area contributed by atoms with E-state index in [9.17, 15) is 9.59 Å². The van der Waals surface area contributed by atoms with Crippen molar-refractivity contribution in [3.63, 3.8) is 0 Å². The predicted molar refractivity (Wildman–Crippen MR) is 90.9 cm³/mol. The van der Waals surface area contributed by atoms with Gasteiger partial charge in [0.25, 0.3) is 0 Å². The van der Waals surface area contributed by atoms with Gasteiger partial charge in [-0.25, -0.2) is 9.59 Å². The normalized spacial score (nSPS) is 26.8. The van der Waals surface area contributed by atoms with E-state index < -0.39 is 0 Å². The van der Waals surface area contributed by atoms with E-state index in [-0.39, 0.29) is 29.9 Å². The van der Waals surface area contributed by atoms with Crippen molar-refractivity contribution in [3.8, 4) is 0 Å². The third-order valence-corrected chi connectivity index (χ3v) is 5.38. The van der Waals surface area contributed by atoms with E-state index in [4.69, 9.17) is 0 Å². The number of rotatable bonds is 7. The lowest BCUT2D eigenvalue weighted by Gasteiger charge is -2.42. The number of likely N-dealkylation sites (N-methyl/N-ethyl adjacent to an activating group) is 3. The van der Waals surface area contributed by atoms with Crippen LogP contribution < -0.4 is 0 Å². The van der Waals surface area contributed by atoms with Gasteiger partial charge >= 0.3 is 12.1 Å². The van der Waals surface area contributed by atoms with Crippen molar-refractivity contribution < 1.29 is 9.59 Å². The fourth-order valence-electron chi connectivity index (χ4n) is 3.92. The average molecular weight is 322 g/mol. The number of carbonyl (C=O) groups is 2. The van der Waals surface area contributed by atoms with Gasteiger partial charge in [-0.2, -0.15) is 0 Å². The zero-order valence-electron chi connectivity index (χ0n) is 15.1. The molecule has 23 heavy (non-hydrogen) atoms. The number of urea groups is 2. The maximum absolute atomic E-state index is 13.1. The van der Waals surface area contributed by atoms with E-state index >= 15 is 0 Å². The monoisotopic (exact) mass is 322 g/mol. The molecule has 130 valence electrons. The third kappa shape index (κ3) is 2.39. The molecule has 0 aliphatic carbocycles. The molecule has 2 heterocycles. The average Bonchev–Trinajstić information content (AvgIpc) is 2.96. The minimum Gasteiger partial charge on any atom is -0.300 e. The number of carbonyl (C=O) groups excluding carboxylic acids is 2. The summed E-state index contributed by atoms with van der Waals surface area (Å²) in [5.74, 6) is 0. The van der Waals surface area contributed by atoms with Crippen LogP contribution in [0.1, 0.15) is 47.5 Å². The molecule has 0 saturated carbocycles. The van der Waals surface area contributed by atoms with E-state index in [0.717, 1.165) is 6.42 Å². The lowest BCUT2D eigenvalue weighted by Crippen LogP contribution is -2.56. The summed E-state index contributed by atoms with van der Waals surface area (Å²) in [7, 11) is 0. The smallest absolute Gasteiger partial charge is 0.300 e. The van der Waals surface area contributed by atoms with Gasteiger partial charge < -0.3 is 14.7 Å². The molecule has 3 unspecified atom stereocenters. The van der Waals surface area contributed by atoms with Crippen LogP contribution in [0.4, 0.5) is 9.59 Å². The Balaban J connectivity index is 2.53. The second kappa shape index (κ2) is 6.42. The molecule has 2 aliphatic rings. The van der Waals surface area contributed by atoms with Crippen molar-refractivity contribution in [2.75, 3.05) is 19.6 Å². The van der Waals surface area contributed by atoms with E-state index in [1.54, 1.807) is 0 Å². The van der Waals surface area contributed by atoms with Gasteiger partial charge in [0.1, 0.15) is 12.3 Å². The molecule has 2 fully saturated rings. The first-order valence-electron chi connectivity index (χ1n) is 8.69. The number of hydrogen-bond acceptors (Lipinski definition) is 2. The van der Waals surface area contributed by atoms with Crippen LogP contribution >= 0.6 is 0 Å². The number of fused-ring (bicyclic) bond motifs is 1. The van der Waals surface area contributed by atoms with E-state index in [1.165, 1.54) is 0 Å². The first-order chi connectivity index (χ1) is 10.9.